The lowest BCUT2D eigenvalue weighted by Gasteiger charge is -2.09. The topological polar surface area (TPSA) is 67.0 Å². The Morgan fingerprint density at radius 2 is 2.53 bits per heavy atom. The molecule has 1 aliphatic rings. The number of ether oxygens (including phenoxy) is 1. The van der Waals surface area contributed by atoms with Crippen LogP contribution in [0.2, 0.25) is 0 Å². The molecule has 82 valence electrons. The maximum Gasteiger partial charge on any atom is 0.254 e. The van der Waals surface area contributed by atoms with Gasteiger partial charge in [-0.05, 0) is 19.4 Å². The van der Waals surface area contributed by atoms with Gasteiger partial charge in [0.05, 0.1) is 13.2 Å². The fraction of sp³-hybridized carbons (Fsp3) is 0.600. The number of methoxy groups -OCH3 is 1. The summed E-state index contributed by atoms with van der Waals surface area (Å²) in [4.78, 5) is 18.2. The van der Waals surface area contributed by atoms with Crippen LogP contribution in [-0.2, 0) is 6.42 Å². The zero-order chi connectivity index (χ0) is 10.7. The molecule has 1 saturated heterocycles. The van der Waals surface area contributed by atoms with Gasteiger partial charge < -0.3 is 15.0 Å². The first-order valence-corrected chi connectivity index (χ1v) is 5.15. The summed E-state index contributed by atoms with van der Waals surface area (Å²) in [6.45, 7) is 1.05. The zero-order valence-electron chi connectivity index (χ0n) is 8.75. The Labute approximate surface area is 87.9 Å². The second kappa shape index (κ2) is 4.44. The number of hydrogen-bond donors (Lipinski definition) is 2. The van der Waals surface area contributed by atoms with Crippen LogP contribution in [0, 0.1) is 0 Å². The molecule has 1 fully saturated rings. The van der Waals surface area contributed by atoms with Crippen LogP contribution in [0.1, 0.15) is 18.7 Å². The van der Waals surface area contributed by atoms with E-state index in [1.807, 2.05) is 0 Å². The van der Waals surface area contributed by atoms with E-state index in [1.165, 1.54) is 19.6 Å². The molecule has 2 heterocycles. The van der Waals surface area contributed by atoms with Gasteiger partial charge in [0.1, 0.15) is 5.82 Å². The summed E-state index contributed by atoms with van der Waals surface area (Å²) in [5.74, 6) is 1.07. The Morgan fingerprint density at radius 3 is 3.20 bits per heavy atom. The van der Waals surface area contributed by atoms with Crippen LogP contribution in [0.25, 0.3) is 0 Å². The molecule has 0 amide bonds. The molecule has 1 unspecified atom stereocenters. The number of aromatic nitrogens is 2. The van der Waals surface area contributed by atoms with Crippen LogP contribution in [0.3, 0.4) is 0 Å². The van der Waals surface area contributed by atoms with E-state index in [0.29, 0.717) is 17.7 Å². The fourth-order valence-corrected chi connectivity index (χ4v) is 1.85. The molecule has 2 N–H and O–H groups in total. The normalized spacial score (nSPS) is 20.5. The molecular weight excluding hydrogens is 194 g/mol. The van der Waals surface area contributed by atoms with Crippen LogP contribution in [-0.4, -0.2) is 29.7 Å². The highest BCUT2D eigenvalue weighted by molar-refractivity contribution is 5.09. The Morgan fingerprint density at radius 1 is 1.67 bits per heavy atom. The van der Waals surface area contributed by atoms with Gasteiger partial charge in [-0.15, -0.1) is 0 Å². The monoisotopic (exact) mass is 209 g/mol. The average molecular weight is 209 g/mol. The molecule has 0 aromatic carbocycles. The smallest absolute Gasteiger partial charge is 0.254 e. The van der Waals surface area contributed by atoms with E-state index < -0.39 is 0 Å². The van der Waals surface area contributed by atoms with Crippen molar-refractivity contribution in [3.8, 4) is 5.88 Å². The van der Waals surface area contributed by atoms with Crippen LogP contribution in [0.5, 0.6) is 5.88 Å². The molecule has 5 heteroatoms. The third-order valence-electron chi connectivity index (χ3n) is 2.58. The number of aromatic amines is 1. The molecular formula is C10H15N3O2. The fourth-order valence-electron chi connectivity index (χ4n) is 1.85. The molecule has 2 rings (SSSR count). The summed E-state index contributed by atoms with van der Waals surface area (Å²) in [6.07, 6.45) is 3.09. The maximum atomic E-state index is 11.2. The van der Waals surface area contributed by atoms with Crippen LogP contribution >= 0.6 is 0 Å². The molecule has 1 aromatic rings. The number of H-pyrrole nitrogens is 1. The summed E-state index contributed by atoms with van der Waals surface area (Å²) in [7, 11) is 1.51. The Hall–Kier alpha value is -1.36. The lowest BCUT2D eigenvalue weighted by molar-refractivity contribution is 0.392. The second-order valence-electron chi connectivity index (χ2n) is 3.73. The molecule has 0 spiro atoms. The summed E-state index contributed by atoms with van der Waals surface area (Å²) in [5, 5.41) is 3.36. The third-order valence-corrected chi connectivity index (χ3v) is 2.58. The maximum absolute atomic E-state index is 11.2. The Kier molecular flexibility index (Phi) is 3.01. The molecule has 15 heavy (non-hydrogen) atoms. The second-order valence-corrected chi connectivity index (χ2v) is 3.73. The summed E-state index contributed by atoms with van der Waals surface area (Å²) in [5.41, 5.74) is -0.158. The van der Waals surface area contributed by atoms with E-state index in [9.17, 15) is 4.79 Å². The molecule has 1 aliphatic heterocycles. The van der Waals surface area contributed by atoms with Crippen molar-refractivity contribution in [1.82, 2.24) is 15.3 Å². The zero-order valence-corrected chi connectivity index (χ0v) is 8.75. The number of hydrogen-bond acceptors (Lipinski definition) is 4. The van der Waals surface area contributed by atoms with Crippen LogP contribution in [0.15, 0.2) is 10.9 Å². The molecule has 0 bridgehead atoms. The number of rotatable bonds is 3. The van der Waals surface area contributed by atoms with Crippen molar-refractivity contribution in [2.45, 2.75) is 25.3 Å². The van der Waals surface area contributed by atoms with Crippen molar-refractivity contribution in [3.05, 3.63) is 22.2 Å². The van der Waals surface area contributed by atoms with Crippen LogP contribution in [0.4, 0.5) is 0 Å². The number of nitrogens with zero attached hydrogens (tertiary/aromatic N) is 1. The minimum Gasteiger partial charge on any atom is -0.481 e. The highest BCUT2D eigenvalue weighted by Crippen LogP contribution is 2.10. The van der Waals surface area contributed by atoms with Gasteiger partial charge in [-0.1, -0.05) is 0 Å². The van der Waals surface area contributed by atoms with Gasteiger partial charge in [-0.2, -0.15) is 0 Å². The van der Waals surface area contributed by atoms with Crippen molar-refractivity contribution >= 4 is 0 Å². The first-order chi connectivity index (χ1) is 7.28. The molecule has 1 atom stereocenters. The van der Waals surface area contributed by atoms with E-state index >= 15 is 0 Å². The molecule has 1 aromatic heterocycles. The van der Waals surface area contributed by atoms with Gasteiger partial charge in [-0.3, -0.25) is 4.79 Å². The van der Waals surface area contributed by atoms with Crippen molar-refractivity contribution in [2.24, 2.45) is 0 Å². The van der Waals surface area contributed by atoms with E-state index in [2.05, 4.69) is 15.3 Å². The summed E-state index contributed by atoms with van der Waals surface area (Å²) in [6, 6.07) is 1.78. The van der Waals surface area contributed by atoms with Gasteiger partial charge in [0.15, 0.2) is 0 Å². The van der Waals surface area contributed by atoms with Crippen molar-refractivity contribution in [2.75, 3.05) is 13.7 Å². The molecule has 0 aliphatic carbocycles. The highest BCUT2D eigenvalue weighted by atomic mass is 16.5. The largest absolute Gasteiger partial charge is 0.481 e. The lowest BCUT2D eigenvalue weighted by Crippen LogP contribution is -2.26. The Bertz CT molecular complexity index is 382. The van der Waals surface area contributed by atoms with Crippen molar-refractivity contribution in [3.63, 3.8) is 0 Å². The first-order valence-electron chi connectivity index (χ1n) is 5.15. The van der Waals surface area contributed by atoms with Gasteiger partial charge in [-0.25, -0.2) is 4.98 Å². The minimum atomic E-state index is -0.158. The quantitative estimate of drug-likeness (QED) is 0.739. The van der Waals surface area contributed by atoms with Gasteiger partial charge in [0, 0.05) is 12.5 Å². The molecule has 0 radical (unpaired) electrons. The van der Waals surface area contributed by atoms with E-state index in [4.69, 9.17) is 4.74 Å². The minimum absolute atomic E-state index is 0.158. The standard InChI is InChI=1S/C10H15N3O2/c1-15-10-6-9(14)12-8(13-10)5-7-3-2-4-11-7/h6-7,11H,2-5H2,1H3,(H,12,13,14). The predicted octanol–water partition coefficient (Wildman–Crippen LogP) is 0.0730. The van der Waals surface area contributed by atoms with Gasteiger partial charge in [0.2, 0.25) is 5.88 Å². The predicted molar refractivity (Wildman–Crippen MR) is 56.1 cm³/mol. The van der Waals surface area contributed by atoms with E-state index in [-0.39, 0.29) is 5.56 Å². The summed E-state index contributed by atoms with van der Waals surface area (Å²) >= 11 is 0. The number of nitrogens with one attached hydrogen (secondary N) is 2. The van der Waals surface area contributed by atoms with Gasteiger partial charge >= 0.3 is 0 Å². The average Bonchev–Trinajstić information content (AvgIpc) is 2.69. The third kappa shape index (κ3) is 2.56. The Balaban J connectivity index is 2.12. The van der Waals surface area contributed by atoms with Gasteiger partial charge in [0.25, 0.3) is 5.56 Å². The van der Waals surface area contributed by atoms with E-state index in [0.717, 1.165) is 19.4 Å². The van der Waals surface area contributed by atoms with E-state index in [1.54, 1.807) is 0 Å². The molecule has 5 nitrogen and oxygen atoms in total. The van der Waals surface area contributed by atoms with Crippen molar-refractivity contribution in [1.29, 1.82) is 0 Å². The lowest BCUT2D eigenvalue weighted by atomic mass is 10.1. The first kappa shape index (κ1) is 10.2. The SMILES string of the molecule is COc1cc(=O)[nH]c(CC2CCCN2)n1. The highest BCUT2D eigenvalue weighted by Gasteiger charge is 2.15. The van der Waals surface area contributed by atoms with Crippen molar-refractivity contribution < 1.29 is 4.74 Å². The van der Waals surface area contributed by atoms with Crippen LogP contribution < -0.4 is 15.6 Å². The molecule has 0 saturated carbocycles. The summed E-state index contributed by atoms with van der Waals surface area (Å²) < 4.78 is 4.95.